The molecule has 0 amide bonds. The molecule has 35 heavy (non-hydrogen) atoms. The molecule has 0 unspecified atom stereocenters. The van der Waals surface area contributed by atoms with Gasteiger partial charge in [-0.2, -0.15) is 0 Å². The van der Waals surface area contributed by atoms with Crippen molar-refractivity contribution in [1.82, 2.24) is 24.3 Å². The van der Waals surface area contributed by atoms with Crippen LogP contribution < -0.4 is 0 Å². The van der Waals surface area contributed by atoms with Gasteiger partial charge in [0.25, 0.3) is 0 Å². The van der Waals surface area contributed by atoms with Crippen LogP contribution in [0.3, 0.4) is 0 Å². The van der Waals surface area contributed by atoms with Crippen molar-refractivity contribution in [1.29, 1.82) is 0 Å². The number of likely N-dealkylation sites (tertiary alicyclic amines) is 2. The number of pyridine rings is 1. The fraction of sp³-hybridized carbons (Fsp3) is 0.556. The van der Waals surface area contributed by atoms with Crippen molar-refractivity contribution in [2.75, 3.05) is 32.4 Å². The number of benzene rings is 1. The maximum Gasteiger partial charge on any atom is 0.175 e. The van der Waals surface area contributed by atoms with Crippen molar-refractivity contribution in [3.63, 3.8) is 0 Å². The van der Waals surface area contributed by atoms with E-state index in [-0.39, 0.29) is 0 Å². The van der Waals surface area contributed by atoms with Crippen LogP contribution in [0.4, 0.5) is 0 Å². The van der Waals surface area contributed by atoms with Crippen LogP contribution in [0.15, 0.2) is 41.3 Å². The van der Waals surface area contributed by atoms with Crippen molar-refractivity contribution < 1.29 is 8.42 Å². The van der Waals surface area contributed by atoms with Gasteiger partial charge in [-0.25, -0.2) is 18.4 Å². The fourth-order valence-corrected chi connectivity index (χ4v) is 6.37. The standard InChI is InChI=1S/C27H37N5O2S/c1-19(2)31-17-13-22(14-18-31)32-15-11-20(12-16-32)24-9-10-25-27(28-24)30(3)26(29-25)21-5-7-23(8-6-21)35(4,33)34/h5-10,19-20,22H,11-18H2,1-4H3. The second-order valence-electron chi connectivity index (χ2n) is 10.5. The number of imidazole rings is 1. The summed E-state index contributed by atoms with van der Waals surface area (Å²) in [4.78, 5) is 15.5. The number of fused-ring (bicyclic) bond motifs is 1. The molecule has 0 spiro atoms. The highest BCUT2D eigenvalue weighted by atomic mass is 32.2. The number of hydrogen-bond donors (Lipinski definition) is 0. The quantitative estimate of drug-likeness (QED) is 0.531. The van der Waals surface area contributed by atoms with E-state index in [2.05, 4.69) is 35.8 Å². The zero-order chi connectivity index (χ0) is 24.7. The van der Waals surface area contributed by atoms with Gasteiger partial charge in [-0.1, -0.05) is 0 Å². The van der Waals surface area contributed by atoms with Crippen LogP contribution in [0.25, 0.3) is 22.6 Å². The van der Waals surface area contributed by atoms with Gasteiger partial charge in [-0.15, -0.1) is 0 Å². The molecule has 0 N–H and O–H groups in total. The lowest BCUT2D eigenvalue weighted by Gasteiger charge is -2.42. The molecule has 0 bridgehead atoms. The highest BCUT2D eigenvalue weighted by Gasteiger charge is 2.30. The van der Waals surface area contributed by atoms with Crippen molar-refractivity contribution in [3.05, 3.63) is 42.1 Å². The Bertz CT molecular complexity index is 1280. The van der Waals surface area contributed by atoms with E-state index in [1.54, 1.807) is 12.1 Å². The Morgan fingerprint density at radius 1 is 0.886 bits per heavy atom. The SMILES string of the molecule is CC(C)N1CCC(N2CCC(c3ccc4nc(-c5ccc(S(C)(=O)=O)cc5)n(C)c4n3)CC2)CC1. The minimum atomic E-state index is -3.22. The molecule has 2 aromatic heterocycles. The van der Waals surface area contributed by atoms with Crippen LogP contribution in [0.1, 0.15) is 51.1 Å². The third-order valence-corrected chi connectivity index (χ3v) is 9.10. The molecule has 5 rings (SSSR count). The van der Waals surface area contributed by atoms with E-state index in [9.17, 15) is 8.42 Å². The molecule has 2 saturated heterocycles. The predicted octanol–water partition coefficient (Wildman–Crippen LogP) is 4.09. The average Bonchev–Trinajstić information content (AvgIpc) is 3.19. The maximum atomic E-state index is 11.8. The number of aryl methyl sites for hydroxylation is 1. The Morgan fingerprint density at radius 2 is 1.54 bits per heavy atom. The van der Waals surface area contributed by atoms with Gasteiger partial charge in [-0.3, -0.25) is 0 Å². The first-order chi connectivity index (χ1) is 16.7. The summed E-state index contributed by atoms with van der Waals surface area (Å²) in [5, 5.41) is 0. The number of nitrogens with zero attached hydrogens (tertiary/aromatic N) is 5. The van der Waals surface area contributed by atoms with Crippen molar-refractivity contribution in [3.8, 4) is 11.4 Å². The normalized spacial score (nSPS) is 19.7. The van der Waals surface area contributed by atoms with E-state index in [1.165, 1.54) is 32.2 Å². The van der Waals surface area contributed by atoms with Crippen LogP contribution in [0.2, 0.25) is 0 Å². The minimum Gasteiger partial charge on any atom is -0.312 e. The van der Waals surface area contributed by atoms with Crippen LogP contribution in [-0.2, 0) is 16.9 Å². The van der Waals surface area contributed by atoms with Crippen LogP contribution >= 0.6 is 0 Å². The number of sulfone groups is 1. The number of aromatic nitrogens is 3. The summed E-state index contributed by atoms with van der Waals surface area (Å²) < 4.78 is 25.6. The van der Waals surface area contributed by atoms with E-state index < -0.39 is 9.84 Å². The molecule has 2 fully saturated rings. The third-order valence-electron chi connectivity index (χ3n) is 7.97. The van der Waals surface area contributed by atoms with Crippen molar-refractivity contribution in [2.24, 2.45) is 7.05 Å². The molecule has 2 aliphatic rings. The van der Waals surface area contributed by atoms with E-state index in [0.717, 1.165) is 60.2 Å². The summed E-state index contributed by atoms with van der Waals surface area (Å²) >= 11 is 0. The highest BCUT2D eigenvalue weighted by Crippen LogP contribution is 2.32. The average molecular weight is 496 g/mol. The molecule has 188 valence electrons. The second-order valence-corrected chi connectivity index (χ2v) is 12.6. The van der Waals surface area contributed by atoms with Gasteiger partial charge in [0.2, 0.25) is 0 Å². The van der Waals surface area contributed by atoms with Gasteiger partial charge in [0.15, 0.2) is 15.5 Å². The summed E-state index contributed by atoms with van der Waals surface area (Å²) in [6.45, 7) is 9.35. The lowest BCUT2D eigenvalue weighted by Crippen LogP contribution is -2.48. The van der Waals surface area contributed by atoms with Gasteiger partial charge < -0.3 is 14.4 Å². The summed E-state index contributed by atoms with van der Waals surface area (Å²) in [7, 11) is -1.23. The van der Waals surface area contributed by atoms with E-state index in [1.807, 2.05) is 23.7 Å². The minimum absolute atomic E-state index is 0.317. The highest BCUT2D eigenvalue weighted by molar-refractivity contribution is 7.90. The van der Waals surface area contributed by atoms with Gasteiger partial charge >= 0.3 is 0 Å². The van der Waals surface area contributed by atoms with E-state index in [0.29, 0.717) is 16.9 Å². The molecule has 7 nitrogen and oxygen atoms in total. The molecule has 0 atom stereocenters. The third kappa shape index (κ3) is 5.01. The largest absolute Gasteiger partial charge is 0.312 e. The summed E-state index contributed by atoms with van der Waals surface area (Å²) in [6, 6.07) is 12.5. The Labute approximate surface area is 209 Å². The second kappa shape index (κ2) is 9.64. The van der Waals surface area contributed by atoms with Crippen LogP contribution in [0.5, 0.6) is 0 Å². The smallest absolute Gasteiger partial charge is 0.175 e. The van der Waals surface area contributed by atoms with Crippen molar-refractivity contribution in [2.45, 2.75) is 62.4 Å². The monoisotopic (exact) mass is 495 g/mol. The fourth-order valence-electron chi connectivity index (χ4n) is 5.74. The molecule has 0 radical (unpaired) electrons. The summed E-state index contributed by atoms with van der Waals surface area (Å²) in [6.07, 6.45) is 6.11. The maximum absolute atomic E-state index is 11.8. The Morgan fingerprint density at radius 3 is 2.14 bits per heavy atom. The number of hydrogen-bond acceptors (Lipinski definition) is 6. The summed E-state index contributed by atoms with van der Waals surface area (Å²) in [5.74, 6) is 1.28. The van der Waals surface area contributed by atoms with Gasteiger partial charge in [0.05, 0.1) is 4.90 Å². The molecule has 1 aromatic carbocycles. The van der Waals surface area contributed by atoms with Gasteiger partial charge in [0, 0.05) is 42.6 Å². The van der Waals surface area contributed by atoms with Crippen LogP contribution in [0, 0.1) is 0 Å². The number of rotatable bonds is 5. The molecule has 2 aliphatic heterocycles. The lowest BCUT2D eigenvalue weighted by molar-refractivity contribution is 0.0750. The molecular formula is C27H37N5O2S. The molecule has 0 aliphatic carbocycles. The van der Waals surface area contributed by atoms with Gasteiger partial charge in [0.1, 0.15) is 11.3 Å². The Kier molecular flexibility index (Phi) is 6.72. The molecule has 8 heteroatoms. The zero-order valence-electron chi connectivity index (χ0n) is 21.3. The van der Waals surface area contributed by atoms with Crippen molar-refractivity contribution >= 4 is 21.0 Å². The molecule has 3 aromatic rings. The molecule has 0 saturated carbocycles. The van der Waals surface area contributed by atoms with E-state index >= 15 is 0 Å². The zero-order valence-corrected chi connectivity index (χ0v) is 22.1. The number of piperidine rings is 2. The first kappa shape index (κ1) is 24.4. The van der Waals surface area contributed by atoms with E-state index in [4.69, 9.17) is 9.97 Å². The molecular weight excluding hydrogens is 458 g/mol. The predicted molar refractivity (Wildman–Crippen MR) is 140 cm³/mol. The Balaban J connectivity index is 1.28. The van der Waals surface area contributed by atoms with Gasteiger partial charge in [-0.05, 0) is 102 Å². The van der Waals surface area contributed by atoms with Crippen LogP contribution in [-0.4, -0.2) is 77.3 Å². The Hall–Kier alpha value is -2.29. The lowest BCUT2D eigenvalue weighted by atomic mass is 9.90. The first-order valence-electron chi connectivity index (χ1n) is 12.8. The topological polar surface area (TPSA) is 71.3 Å². The summed E-state index contributed by atoms with van der Waals surface area (Å²) in [5.41, 5.74) is 3.80. The molecule has 4 heterocycles. The first-order valence-corrected chi connectivity index (χ1v) is 14.7.